The summed E-state index contributed by atoms with van der Waals surface area (Å²) in [7, 11) is 0. The van der Waals surface area contributed by atoms with Gasteiger partial charge in [-0.2, -0.15) is 0 Å². The lowest BCUT2D eigenvalue weighted by molar-refractivity contribution is 0.0928. The number of hydrogen-bond acceptors (Lipinski definition) is 3. The Labute approximate surface area is 172 Å². The summed E-state index contributed by atoms with van der Waals surface area (Å²) >= 11 is 0. The lowest BCUT2D eigenvalue weighted by Gasteiger charge is -2.12. The number of rotatable bonds is 5. The van der Waals surface area contributed by atoms with E-state index in [9.17, 15) is 18.4 Å². The van der Waals surface area contributed by atoms with Gasteiger partial charge in [-0.05, 0) is 47.9 Å². The lowest BCUT2D eigenvalue weighted by atomic mass is 9.95. The third-order valence-corrected chi connectivity index (χ3v) is 5.09. The molecule has 0 saturated heterocycles. The maximum Gasteiger partial charge on any atom is 0.254 e. The van der Waals surface area contributed by atoms with Gasteiger partial charge < -0.3 is 10.1 Å². The van der Waals surface area contributed by atoms with E-state index in [2.05, 4.69) is 5.32 Å². The molecule has 3 aromatic carbocycles. The zero-order chi connectivity index (χ0) is 21.3. The van der Waals surface area contributed by atoms with Crippen LogP contribution in [0.1, 0.15) is 33.2 Å². The second-order valence-electron chi connectivity index (χ2n) is 7.20. The summed E-state index contributed by atoms with van der Waals surface area (Å²) in [5, 5.41) is 2.64. The molecule has 6 heteroatoms. The van der Waals surface area contributed by atoms with Gasteiger partial charge in [0.2, 0.25) is 0 Å². The van der Waals surface area contributed by atoms with Gasteiger partial charge in [0.1, 0.15) is 23.5 Å². The number of carbonyl (C=O) groups excluding carboxylic acids is 2. The minimum atomic E-state index is -0.906. The first-order valence-electron chi connectivity index (χ1n) is 9.55. The van der Waals surface area contributed by atoms with Gasteiger partial charge in [-0.15, -0.1) is 0 Å². The van der Waals surface area contributed by atoms with E-state index in [1.54, 1.807) is 6.07 Å². The van der Waals surface area contributed by atoms with Crippen molar-refractivity contribution in [3.05, 3.63) is 89.0 Å². The van der Waals surface area contributed by atoms with Crippen molar-refractivity contribution >= 4 is 11.7 Å². The van der Waals surface area contributed by atoms with E-state index >= 15 is 0 Å². The van der Waals surface area contributed by atoms with E-state index in [0.717, 1.165) is 28.8 Å². The van der Waals surface area contributed by atoms with Crippen LogP contribution in [0, 0.1) is 11.6 Å². The molecule has 0 aliphatic carbocycles. The van der Waals surface area contributed by atoms with E-state index in [0.29, 0.717) is 23.8 Å². The Balaban J connectivity index is 1.45. The van der Waals surface area contributed by atoms with Crippen molar-refractivity contribution in [1.82, 2.24) is 5.32 Å². The van der Waals surface area contributed by atoms with Crippen LogP contribution in [-0.2, 0) is 6.42 Å². The number of nitrogens with one attached hydrogen (secondary N) is 1. The molecule has 0 saturated carbocycles. The SMILES string of the molecule is CC(=O)c1ccccc1-c1ccc2c(c1)CC(CNC(=O)c1ccc(F)cc1F)O2. The van der Waals surface area contributed by atoms with Crippen LogP contribution in [0.15, 0.2) is 60.7 Å². The molecule has 4 nitrogen and oxygen atoms in total. The van der Waals surface area contributed by atoms with Crippen molar-refractivity contribution in [1.29, 1.82) is 0 Å². The van der Waals surface area contributed by atoms with Crippen LogP contribution >= 0.6 is 0 Å². The average Bonchev–Trinajstić information content (AvgIpc) is 3.14. The molecule has 1 N–H and O–H groups in total. The van der Waals surface area contributed by atoms with Gasteiger partial charge in [0.15, 0.2) is 5.78 Å². The smallest absolute Gasteiger partial charge is 0.254 e. The highest BCUT2D eigenvalue weighted by molar-refractivity contribution is 6.00. The average molecular weight is 407 g/mol. The predicted molar refractivity (Wildman–Crippen MR) is 109 cm³/mol. The summed E-state index contributed by atoms with van der Waals surface area (Å²) in [6.45, 7) is 1.72. The Hall–Kier alpha value is -3.54. The highest BCUT2D eigenvalue weighted by Crippen LogP contribution is 2.34. The zero-order valence-electron chi connectivity index (χ0n) is 16.2. The van der Waals surface area contributed by atoms with Gasteiger partial charge in [-0.25, -0.2) is 8.78 Å². The first kappa shape index (κ1) is 19.8. The van der Waals surface area contributed by atoms with Crippen LogP contribution < -0.4 is 10.1 Å². The van der Waals surface area contributed by atoms with Crippen LogP contribution in [-0.4, -0.2) is 24.3 Å². The molecule has 152 valence electrons. The van der Waals surface area contributed by atoms with Crippen LogP contribution in [0.5, 0.6) is 5.75 Å². The van der Waals surface area contributed by atoms with Gasteiger partial charge in [-0.1, -0.05) is 30.3 Å². The number of ether oxygens (including phenoxy) is 1. The highest BCUT2D eigenvalue weighted by atomic mass is 19.1. The number of benzene rings is 3. The van der Waals surface area contributed by atoms with E-state index in [1.807, 2.05) is 36.4 Å². The molecule has 1 amide bonds. The molecule has 0 radical (unpaired) electrons. The Bertz CT molecular complexity index is 1140. The molecule has 1 unspecified atom stereocenters. The summed E-state index contributed by atoms with van der Waals surface area (Å²) in [4.78, 5) is 24.1. The fourth-order valence-electron chi connectivity index (χ4n) is 3.62. The third kappa shape index (κ3) is 3.94. The fraction of sp³-hybridized carbons (Fsp3) is 0.167. The van der Waals surface area contributed by atoms with E-state index in [1.165, 1.54) is 6.92 Å². The number of fused-ring (bicyclic) bond motifs is 1. The summed E-state index contributed by atoms with van der Waals surface area (Å²) in [5.41, 5.74) is 3.19. The molecule has 1 heterocycles. The lowest BCUT2D eigenvalue weighted by Crippen LogP contribution is -2.34. The maximum atomic E-state index is 13.8. The van der Waals surface area contributed by atoms with E-state index < -0.39 is 17.5 Å². The molecule has 0 aromatic heterocycles. The number of amides is 1. The van der Waals surface area contributed by atoms with Gasteiger partial charge in [-0.3, -0.25) is 9.59 Å². The molecule has 0 bridgehead atoms. The van der Waals surface area contributed by atoms with Crippen molar-refractivity contribution < 1.29 is 23.1 Å². The van der Waals surface area contributed by atoms with Crippen LogP contribution in [0.2, 0.25) is 0 Å². The summed E-state index contributed by atoms with van der Waals surface area (Å²) in [6.07, 6.45) is 0.267. The molecule has 0 spiro atoms. The van der Waals surface area contributed by atoms with Gasteiger partial charge in [0.25, 0.3) is 5.91 Å². The zero-order valence-corrected chi connectivity index (χ0v) is 16.2. The predicted octanol–water partition coefficient (Wildman–Crippen LogP) is 4.57. The van der Waals surface area contributed by atoms with Crippen molar-refractivity contribution in [3.8, 4) is 16.9 Å². The first-order valence-corrected chi connectivity index (χ1v) is 9.55. The van der Waals surface area contributed by atoms with Crippen molar-refractivity contribution in [2.24, 2.45) is 0 Å². The van der Waals surface area contributed by atoms with E-state index in [4.69, 9.17) is 4.74 Å². The fourth-order valence-corrected chi connectivity index (χ4v) is 3.62. The molecule has 4 rings (SSSR count). The molecule has 3 aromatic rings. The number of ketones is 1. The standard InChI is InChI=1S/C24H19F2NO3/c1-14(28)19-4-2-3-5-20(19)15-6-9-23-16(10-15)11-18(30-23)13-27-24(29)21-8-7-17(25)12-22(21)26/h2-10,12,18H,11,13H2,1H3,(H,27,29). The second-order valence-corrected chi connectivity index (χ2v) is 7.20. The Morgan fingerprint density at radius 2 is 1.83 bits per heavy atom. The van der Waals surface area contributed by atoms with Crippen LogP contribution in [0.4, 0.5) is 8.78 Å². The molecule has 0 fully saturated rings. The number of hydrogen-bond donors (Lipinski definition) is 1. The summed E-state index contributed by atoms with van der Waals surface area (Å²) < 4.78 is 32.6. The van der Waals surface area contributed by atoms with Crippen LogP contribution in [0.3, 0.4) is 0 Å². The normalized spacial score (nSPS) is 14.7. The largest absolute Gasteiger partial charge is 0.488 e. The minimum absolute atomic E-state index is 0.00374. The molecular formula is C24H19F2NO3. The summed E-state index contributed by atoms with van der Waals surface area (Å²) in [5.74, 6) is -1.55. The van der Waals surface area contributed by atoms with Gasteiger partial charge in [0.05, 0.1) is 12.1 Å². The quantitative estimate of drug-likeness (QED) is 0.631. The summed E-state index contributed by atoms with van der Waals surface area (Å²) in [6, 6.07) is 16.0. The monoisotopic (exact) mass is 407 g/mol. The Morgan fingerprint density at radius 3 is 2.60 bits per heavy atom. The molecule has 30 heavy (non-hydrogen) atoms. The van der Waals surface area contributed by atoms with E-state index in [-0.39, 0.29) is 24.0 Å². The Morgan fingerprint density at radius 1 is 1.03 bits per heavy atom. The Kier molecular flexibility index (Phi) is 5.31. The number of carbonyl (C=O) groups is 2. The number of Topliss-reactive ketones (excluding diaryl/α,β-unsaturated/α-hetero) is 1. The maximum absolute atomic E-state index is 13.8. The molecular weight excluding hydrogens is 388 g/mol. The first-order chi connectivity index (χ1) is 14.4. The molecule has 1 aliphatic heterocycles. The van der Waals surface area contributed by atoms with Crippen LogP contribution in [0.25, 0.3) is 11.1 Å². The minimum Gasteiger partial charge on any atom is -0.488 e. The van der Waals surface area contributed by atoms with Crippen molar-refractivity contribution in [2.75, 3.05) is 6.54 Å². The topological polar surface area (TPSA) is 55.4 Å². The van der Waals surface area contributed by atoms with Gasteiger partial charge >= 0.3 is 0 Å². The van der Waals surface area contributed by atoms with Crippen molar-refractivity contribution in [3.63, 3.8) is 0 Å². The molecule has 1 aliphatic rings. The molecule has 1 atom stereocenters. The number of halogens is 2. The second kappa shape index (κ2) is 8.06. The third-order valence-electron chi connectivity index (χ3n) is 5.09. The highest BCUT2D eigenvalue weighted by Gasteiger charge is 2.25. The van der Waals surface area contributed by atoms with Crippen molar-refractivity contribution in [2.45, 2.75) is 19.4 Å². The van der Waals surface area contributed by atoms with Gasteiger partial charge in [0, 0.05) is 18.1 Å².